The van der Waals surface area contributed by atoms with Crippen molar-refractivity contribution in [3.05, 3.63) is 145 Å². The van der Waals surface area contributed by atoms with E-state index >= 15 is 0 Å². The third-order valence-corrected chi connectivity index (χ3v) is 9.89. The van der Waals surface area contributed by atoms with Crippen molar-refractivity contribution < 1.29 is 20.4 Å². The van der Waals surface area contributed by atoms with Crippen molar-refractivity contribution in [1.82, 2.24) is 9.13 Å². The summed E-state index contributed by atoms with van der Waals surface area (Å²) in [4.78, 5) is 0. The summed E-state index contributed by atoms with van der Waals surface area (Å²) in [6, 6.07) is 43.5. The second-order valence-electron chi connectivity index (χ2n) is 12.3. The van der Waals surface area contributed by atoms with E-state index in [0.717, 1.165) is 55.0 Å². The van der Waals surface area contributed by atoms with E-state index in [4.69, 9.17) is 0 Å². The van der Waals surface area contributed by atoms with Gasteiger partial charge in [-0.1, -0.05) is 84.9 Å². The number of rotatable bonds is 4. The zero-order valence-electron chi connectivity index (χ0n) is 24.7. The largest absolute Gasteiger partial charge is 0.508 e. The average molecular weight is 603 g/mol. The molecule has 0 radical (unpaired) electrons. The first-order valence-electron chi connectivity index (χ1n) is 15.5. The Morgan fingerprint density at radius 1 is 0.391 bits per heavy atom. The number of benzene rings is 6. The number of aliphatic hydroxyl groups excluding tert-OH is 2. The Bertz CT molecular complexity index is 2190. The number of aliphatic hydroxyl groups is 2. The van der Waals surface area contributed by atoms with Crippen molar-refractivity contribution >= 4 is 43.6 Å². The highest BCUT2D eigenvalue weighted by atomic mass is 16.3. The molecule has 6 heteroatoms. The molecule has 224 valence electrons. The molecule has 1 aliphatic carbocycles. The minimum absolute atomic E-state index is 0.00634. The quantitative estimate of drug-likeness (QED) is 0.165. The fourth-order valence-electron chi connectivity index (χ4n) is 7.75. The molecule has 0 amide bonds. The van der Waals surface area contributed by atoms with E-state index in [1.807, 2.05) is 60.7 Å². The molecule has 0 bridgehead atoms. The monoisotopic (exact) mass is 602 g/mol. The number of hydrogen-bond donors (Lipinski definition) is 4. The van der Waals surface area contributed by atoms with Crippen LogP contribution >= 0.6 is 0 Å². The molecule has 8 aromatic rings. The molecule has 46 heavy (non-hydrogen) atoms. The van der Waals surface area contributed by atoms with Gasteiger partial charge >= 0.3 is 0 Å². The molecule has 1 aliphatic rings. The maximum atomic E-state index is 11.4. The zero-order valence-corrected chi connectivity index (χ0v) is 24.7. The summed E-state index contributed by atoms with van der Waals surface area (Å²) < 4.78 is 4.22. The Balaban J connectivity index is 1.05. The third-order valence-electron chi connectivity index (χ3n) is 9.89. The van der Waals surface area contributed by atoms with Gasteiger partial charge in [-0.15, -0.1) is 0 Å². The lowest BCUT2D eigenvalue weighted by Crippen LogP contribution is -2.51. The van der Waals surface area contributed by atoms with Gasteiger partial charge in [-0.05, 0) is 36.4 Å². The molecule has 1 fully saturated rings. The van der Waals surface area contributed by atoms with Gasteiger partial charge in [0.05, 0.1) is 34.3 Å². The van der Waals surface area contributed by atoms with Crippen molar-refractivity contribution in [2.75, 3.05) is 0 Å². The summed E-state index contributed by atoms with van der Waals surface area (Å²) in [6.07, 6.45) is -1.99. The Labute approximate surface area is 264 Å². The average Bonchev–Trinajstić information content (AvgIpc) is 3.60. The van der Waals surface area contributed by atoms with Crippen LogP contribution < -0.4 is 0 Å². The first-order valence-corrected chi connectivity index (χ1v) is 15.5. The molecule has 0 aliphatic heterocycles. The van der Waals surface area contributed by atoms with Crippen molar-refractivity contribution in [3.63, 3.8) is 0 Å². The molecule has 0 saturated heterocycles. The molecule has 4 N–H and O–H groups in total. The highest BCUT2D eigenvalue weighted by molar-refractivity contribution is 6.10. The van der Waals surface area contributed by atoms with Crippen molar-refractivity contribution in [1.29, 1.82) is 0 Å². The summed E-state index contributed by atoms with van der Waals surface area (Å²) in [5.41, 5.74) is 6.63. The molecule has 0 unspecified atom stereocenters. The van der Waals surface area contributed by atoms with Gasteiger partial charge in [0.2, 0.25) is 0 Å². The van der Waals surface area contributed by atoms with E-state index in [1.165, 1.54) is 0 Å². The fraction of sp³-hybridized carbons (Fsp3) is 0.100. The van der Waals surface area contributed by atoms with Gasteiger partial charge in [0.1, 0.15) is 11.5 Å². The lowest BCUT2D eigenvalue weighted by molar-refractivity contribution is -0.0797. The van der Waals surface area contributed by atoms with Gasteiger partial charge in [-0.2, -0.15) is 0 Å². The topological polar surface area (TPSA) is 90.8 Å². The number of para-hydroxylation sites is 4. The van der Waals surface area contributed by atoms with Crippen LogP contribution in [0.15, 0.2) is 133 Å². The number of aromatic hydroxyl groups is 2. The third kappa shape index (κ3) is 3.71. The SMILES string of the molecule is Oc1cc(-n2c3ccccc3c3ccccc32)ccc1C1C(O)C(c2ccc(-n3c4ccccc4c4ccccc43)cc2O)C1O. The Morgan fingerprint density at radius 3 is 1.00 bits per heavy atom. The minimum atomic E-state index is -0.995. The zero-order chi connectivity index (χ0) is 31.1. The van der Waals surface area contributed by atoms with E-state index in [-0.39, 0.29) is 11.5 Å². The Morgan fingerprint density at radius 2 is 0.696 bits per heavy atom. The number of fused-ring (bicyclic) bond motifs is 6. The van der Waals surface area contributed by atoms with Crippen LogP contribution in [0.1, 0.15) is 23.0 Å². The summed E-state index contributed by atoms with van der Waals surface area (Å²) in [5.74, 6) is -1.39. The lowest BCUT2D eigenvalue weighted by atomic mass is 9.63. The van der Waals surface area contributed by atoms with Crippen LogP contribution in [0.4, 0.5) is 0 Å². The lowest BCUT2D eigenvalue weighted by Gasteiger charge is -2.47. The van der Waals surface area contributed by atoms with Crippen molar-refractivity contribution in [2.24, 2.45) is 0 Å². The summed E-state index contributed by atoms with van der Waals surface area (Å²) in [5, 5.41) is 49.7. The van der Waals surface area contributed by atoms with Crippen LogP contribution in [0.3, 0.4) is 0 Å². The summed E-state index contributed by atoms with van der Waals surface area (Å²) >= 11 is 0. The fourth-order valence-corrected chi connectivity index (χ4v) is 7.75. The smallest absolute Gasteiger partial charge is 0.121 e. The Hall–Kier alpha value is -5.56. The number of aromatic nitrogens is 2. The number of nitrogens with zero attached hydrogens (tertiary/aromatic N) is 2. The van der Waals surface area contributed by atoms with Crippen LogP contribution in [0.2, 0.25) is 0 Å². The van der Waals surface area contributed by atoms with Gasteiger partial charge in [0.25, 0.3) is 0 Å². The van der Waals surface area contributed by atoms with Gasteiger partial charge < -0.3 is 29.6 Å². The van der Waals surface area contributed by atoms with Crippen LogP contribution in [-0.2, 0) is 0 Å². The number of hydrogen-bond acceptors (Lipinski definition) is 4. The van der Waals surface area contributed by atoms with Crippen LogP contribution in [0.25, 0.3) is 55.0 Å². The molecule has 6 nitrogen and oxygen atoms in total. The molecule has 1 saturated carbocycles. The molecule has 0 atom stereocenters. The highest BCUT2D eigenvalue weighted by Crippen LogP contribution is 2.52. The first-order chi connectivity index (χ1) is 22.5. The second kappa shape index (κ2) is 9.97. The summed E-state index contributed by atoms with van der Waals surface area (Å²) in [6.45, 7) is 0. The number of phenolic OH excluding ortho intramolecular Hbond substituents is 2. The standard InChI is InChI=1S/C40H30N2O4/c43-35-21-23(41-31-13-5-1-9-25(31)26-10-2-6-14-32(26)41)17-19-29(35)37-39(45)38(40(37)46)30-20-18-24(22-36(30)44)42-33-15-7-3-11-27(33)28-12-4-8-16-34(28)42/h1-22,37-40,43-46H. The predicted molar refractivity (Wildman–Crippen MR) is 182 cm³/mol. The van der Waals surface area contributed by atoms with Gasteiger partial charge in [-0.3, -0.25) is 0 Å². The second-order valence-corrected chi connectivity index (χ2v) is 12.3. The highest BCUT2D eigenvalue weighted by Gasteiger charge is 2.52. The molecule has 6 aromatic carbocycles. The number of phenols is 2. The van der Waals surface area contributed by atoms with Crippen molar-refractivity contribution in [3.8, 4) is 22.9 Å². The molecule has 2 heterocycles. The maximum Gasteiger partial charge on any atom is 0.121 e. The summed E-state index contributed by atoms with van der Waals surface area (Å²) in [7, 11) is 0. The normalized spacial score (nSPS) is 19.7. The molecular formula is C40H30N2O4. The van der Waals surface area contributed by atoms with Crippen LogP contribution in [0.5, 0.6) is 11.5 Å². The molecule has 9 rings (SSSR count). The van der Waals surface area contributed by atoms with E-state index in [1.54, 1.807) is 24.3 Å². The van der Waals surface area contributed by atoms with Gasteiger partial charge in [0, 0.05) is 68.0 Å². The molecule has 0 spiro atoms. The van der Waals surface area contributed by atoms with Crippen LogP contribution in [-0.4, -0.2) is 41.8 Å². The van der Waals surface area contributed by atoms with E-state index in [9.17, 15) is 20.4 Å². The van der Waals surface area contributed by atoms with Crippen LogP contribution in [0, 0.1) is 0 Å². The maximum absolute atomic E-state index is 11.4. The van der Waals surface area contributed by atoms with Gasteiger partial charge in [-0.25, -0.2) is 0 Å². The first kappa shape index (κ1) is 26.8. The Kier molecular flexibility index (Phi) is 5.81. The van der Waals surface area contributed by atoms with E-state index < -0.39 is 24.0 Å². The predicted octanol–water partition coefficient (Wildman–Crippen LogP) is 7.89. The van der Waals surface area contributed by atoms with Crippen molar-refractivity contribution in [2.45, 2.75) is 24.0 Å². The molecule has 2 aromatic heterocycles. The van der Waals surface area contributed by atoms with E-state index in [0.29, 0.717) is 11.1 Å². The molecular weight excluding hydrogens is 572 g/mol. The minimum Gasteiger partial charge on any atom is -0.508 e. The van der Waals surface area contributed by atoms with E-state index in [2.05, 4.69) is 57.7 Å². The van der Waals surface area contributed by atoms with Gasteiger partial charge in [0.15, 0.2) is 0 Å².